The fourth-order valence-electron chi connectivity index (χ4n) is 1.36. The van der Waals surface area contributed by atoms with E-state index in [-0.39, 0.29) is 11.7 Å². The van der Waals surface area contributed by atoms with Gasteiger partial charge in [-0.3, -0.25) is 4.79 Å². The summed E-state index contributed by atoms with van der Waals surface area (Å²) in [6.07, 6.45) is 1.49. The molecule has 0 saturated heterocycles. The summed E-state index contributed by atoms with van der Waals surface area (Å²) in [5.41, 5.74) is 0. The summed E-state index contributed by atoms with van der Waals surface area (Å²) in [5.74, 6) is -0.0205. The fraction of sp³-hybridized carbons (Fsp3) is 0.417. The van der Waals surface area contributed by atoms with Gasteiger partial charge < -0.3 is 10.1 Å². The highest BCUT2D eigenvalue weighted by Gasteiger charge is 2.26. The zero-order chi connectivity index (χ0) is 12.4. The molecule has 17 heavy (non-hydrogen) atoms. The molecule has 0 heterocycles. The van der Waals surface area contributed by atoms with Gasteiger partial charge in [-0.15, -0.1) is 0 Å². The van der Waals surface area contributed by atoms with Gasteiger partial charge in [0.15, 0.2) is 6.10 Å². The van der Waals surface area contributed by atoms with Crippen LogP contribution in [0, 0.1) is 5.82 Å². The van der Waals surface area contributed by atoms with Gasteiger partial charge in [-0.25, -0.2) is 4.39 Å². The lowest BCUT2D eigenvalue weighted by Crippen LogP contribution is -2.37. The van der Waals surface area contributed by atoms with Gasteiger partial charge in [0.1, 0.15) is 11.6 Å². The molecule has 0 bridgehead atoms. The van der Waals surface area contributed by atoms with Gasteiger partial charge >= 0.3 is 0 Å². The molecule has 1 aromatic rings. The van der Waals surface area contributed by atoms with Crippen LogP contribution in [0.1, 0.15) is 19.8 Å². The van der Waals surface area contributed by atoms with E-state index in [2.05, 4.69) is 21.2 Å². The van der Waals surface area contributed by atoms with E-state index in [1.165, 1.54) is 18.2 Å². The standard InChI is InChI=1S/C12H13BrFNO2/c1-7(12(16)15-9-3-4-9)17-11-5-2-8(14)6-10(11)13/h2,5-7,9H,3-4H2,1H3,(H,15,16)/t7-/m1/s1. The predicted molar refractivity (Wildman–Crippen MR) is 65.4 cm³/mol. The van der Waals surface area contributed by atoms with E-state index in [0.717, 1.165) is 12.8 Å². The van der Waals surface area contributed by atoms with Crippen molar-refractivity contribution < 1.29 is 13.9 Å². The lowest BCUT2D eigenvalue weighted by atomic mass is 10.3. The largest absolute Gasteiger partial charge is 0.480 e. The Morgan fingerprint density at radius 3 is 2.88 bits per heavy atom. The second-order valence-corrected chi connectivity index (χ2v) is 4.97. The van der Waals surface area contributed by atoms with Crippen LogP contribution in [0.5, 0.6) is 5.75 Å². The van der Waals surface area contributed by atoms with Gasteiger partial charge in [0.05, 0.1) is 4.47 Å². The molecule has 1 aliphatic carbocycles. The second-order valence-electron chi connectivity index (χ2n) is 4.12. The van der Waals surface area contributed by atoms with Crippen molar-refractivity contribution in [3.8, 4) is 5.75 Å². The third-order valence-electron chi connectivity index (χ3n) is 2.49. The molecule has 3 nitrogen and oxygen atoms in total. The molecule has 1 fully saturated rings. The zero-order valence-electron chi connectivity index (χ0n) is 9.37. The third kappa shape index (κ3) is 3.43. The Kier molecular flexibility index (Phi) is 3.66. The molecule has 0 aromatic heterocycles. The van der Waals surface area contributed by atoms with Gasteiger partial charge in [-0.2, -0.15) is 0 Å². The Labute approximate surface area is 107 Å². The number of ether oxygens (including phenoxy) is 1. The zero-order valence-corrected chi connectivity index (χ0v) is 11.0. The summed E-state index contributed by atoms with van der Waals surface area (Å²) in [6.45, 7) is 1.67. The molecule has 1 aliphatic rings. The third-order valence-corrected chi connectivity index (χ3v) is 3.11. The molecule has 2 rings (SSSR count). The maximum Gasteiger partial charge on any atom is 0.260 e. The number of halogens is 2. The highest BCUT2D eigenvalue weighted by molar-refractivity contribution is 9.10. The van der Waals surface area contributed by atoms with E-state index in [0.29, 0.717) is 16.3 Å². The van der Waals surface area contributed by atoms with Crippen molar-refractivity contribution in [1.82, 2.24) is 5.32 Å². The van der Waals surface area contributed by atoms with Crippen molar-refractivity contribution in [3.05, 3.63) is 28.5 Å². The van der Waals surface area contributed by atoms with Crippen LogP contribution in [-0.2, 0) is 4.79 Å². The van der Waals surface area contributed by atoms with Gasteiger partial charge in [0, 0.05) is 6.04 Å². The lowest BCUT2D eigenvalue weighted by Gasteiger charge is -2.15. The predicted octanol–water partition coefficient (Wildman–Crippen LogP) is 2.63. The number of carbonyl (C=O) groups is 1. The van der Waals surface area contributed by atoms with Crippen molar-refractivity contribution in [3.63, 3.8) is 0 Å². The van der Waals surface area contributed by atoms with Crippen LogP contribution >= 0.6 is 15.9 Å². The number of benzene rings is 1. The van der Waals surface area contributed by atoms with Gasteiger partial charge in [0.25, 0.3) is 5.91 Å². The Morgan fingerprint density at radius 2 is 2.29 bits per heavy atom. The Bertz CT molecular complexity index is 435. The maximum absolute atomic E-state index is 12.9. The monoisotopic (exact) mass is 301 g/mol. The number of hydrogen-bond donors (Lipinski definition) is 1. The van der Waals surface area contributed by atoms with Crippen LogP contribution in [0.4, 0.5) is 4.39 Å². The SMILES string of the molecule is C[C@@H](Oc1ccc(F)cc1Br)C(=O)NC1CC1. The molecule has 1 amide bonds. The van der Waals surface area contributed by atoms with Crippen LogP contribution < -0.4 is 10.1 Å². The summed E-state index contributed by atoms with van der Waals surface area (Å²) >= 11 is 3.19. The summed E-state index contributed by atoms with van der Waals surface area (Å²) in [5, 5.41) is 2.85. The first-order chi connectivity index (χ1) is 8.06. The average molecular weight is 302 g/mol. The number of hydrogen-bond acceptors (Lipinski definition) is 2. The minimum Gasteiger partial charge on any atom is -0.480 e. The van der Waals surface area contributed by atoms with Crippen LogP contribution in [0.3, 0.4) is 0 Å². The van der Waals surface area contributed by atoms with E-state index >= 15 is 0 Å². The lowest BCUT2D eigenvalue weighted by molar-refractivity contribution is -0.127. The minimum atomic E-state index is -0.586. The molecule has 1 saturated carbocycles. The van der Waals surface area contributed by atoms with Gasteiger partial charge in [-0.05, 0) is 53.9 Å². The molecule has 1 atom stereocenters. The highest BCUT2D eigenvalue weighted by atomic mass is 79.9. The molecular weight excluding hydrogens is 289 g/mol. The first-order valence-corrected chi connectivity index (χ1v) is 6.27. The Hall–Kier alpha value is -1.10. The molecular formula is C12H13BrFNO2. The van der Waals surface area contributed by atoms with Crippen LogP contribution in [-0.4, -0.2) is 18.1 Å². The number of carbonyl (C=O) groups excluding carboxylic acids is 1. The van der Waals surface area contributed by atoms with Crippen LogP contribution in [0.2, 0.25) is 0 Å². The van der Waals surface area contributed by atoms with E-state index in [1.807, 2.05) is 0 Å². The van der Waals surface area contributed by atoms with E-state index in [9.17, 15) is 9.18 Å². The number of amides is 1. The smallest absolute Gasteiger partial charge is 0.260 e. The molecule has 0 unspecified atom stereocenters. The van der Waals surface area contributed by atoms with Crippen molar-refractivity contribution in [2.24, 2.45) is 0 Å². The van der Waals surface area contributed by atoms with Crippen molar-refractivity contribution in [2.45, 2.75) is 31.9 Å². The molecule has 0 aliphatic heterocycles. The average Bonchev–Trinajstić information content (AvgIpc) is 3.06. The highest BCUT2D eigenvalue weighted by Crippen LogP contribution is 2.26. The summed E-state index contributed by atoms with van der Waals surface area (Å²) in [6, 6.07) is 4.41. The molecule has 1 N–H and O–H groups in total. The summed E-state index contributed by atoms with van der Waals surface area (Å²) in [7, 11) is 0. The van der Waals surface area contributed by atoms with Crippen LogP contribution in [0.25, 0.3) is 0 Å². The molecule has 1 aromatic carbocycles. The van der Waals surface area contributed by atoms with Crippen LogP contribution in [0.15, 0.2) is 22.7 Å². The van der Waals surface area contributed by atoms with Crippen molar-refractivity contribution in [2.75, 3.05) is 0 Å². The first-order valence-electron chi connectivity index (χ1n) is 5.48. The fourth-order valence-corrected chi connectivity index (χ4v) is 1.81. The van der Waals surface area contributed by atoms with E-state index in [1.54, 1.807) is 6.92 Å². The topological polar surface area (TPSA) is 38.3 Å². The number of nitrogens with one attached hydrogen (secondary N) is 1. The summed E-state index contributed by atoms with van der Waals surface area (Å²) in [4.78, 5) is 11.7. The molecule has 5 heteroatoms. The van der Waals surface area contributed by atoms with Crippen molar-refractivity contribution in [1.29, 1.82) is 0 Å². The quantitative estimate of drug-likeness (QED) is 0.928. The van der Waals surface area contributed by atoms with Crippen molar-refractivity contribution >= 4 is 21.8 Å². The van der Waals surface area contributed by atoms with Gasteiger partial charge in [-0.1, -0.05) is 0 Å². The number of rotatable bonds is 4. The molecule has 0 radical (unpaired) electrons. The minimum absolute atomic E-state index is 0.135. The normalized spacial score (nSPS) is 16.4. The van der Waals surface area contributed by atoms with E-state index in [4.69, 9.17) is 4.74 Å². The maximum atomic E-state index is 12.9. The summed E-state index contributed by atoms with van der Waals surface area (Å²) < 4.78 is 18.8. The first kappa shape index (κ1) is 12.4. The Balaban J connectivity index is 1.96. The second kappa shape index (κ2) is 5.04. The van der Waals surface area contributed by atoms with E-state index < -0.39 is 6.10 Å². The molecule has 92 valence electrons. The Morgan fingerprint density at radius 1 is 1.59 bits per heavy atom. The van der Waals surface area contributed by atoms with Gasteiger partial charge in [0.2, 0.25) is 0 Å². The molecule has 0 spiro atoms.